The molecule has 2 rings (SSSR count). The highest BCUT2D eigenvalue weighted by atomic mass is 32.2. The summed E-state index contributed by atoms with van der Waals surface area (Å²) in [5.74, 6) is 1.74. The molecule has 2 aromatic rings. The van der Waals surface area contributed by atoms with E-state index < -0.39 is 18.2 Å². The quantitative estimate of drug-likeness (QED) is 0.208. The minimum atomic E-state index is -3.28. The van der Waals surface area contributed by atoms with Crippen LogP contribution in [0.1, 0.15) is 59.9 Å². The Morgan fingerprint density at radius 2 is 1.47 bits per heavy atom. The van der Waals surface area contributed by atoms with Crippen LogP contribution in [0.15, 0.2) is 59.5 Å². The molecular formula is C31H50O5SSi. The van der Waals surface area contributed by atoms with Gasteiger partial charge in [0, 0.05) is 0 Å². The smallest absolute Gasteiger partial charge is 0.192 e. The molecular weight excluding hydrogens is 512 g/mol. The van der Waals surface area contributed by atoms with Crippen LogP contribution in [-0.2, 0) is 25.6 Å². The highest BCUT2D eigenvalue weighted by molar-refractivity contribution is 7.91. The largest absolute Gasteiger partial charge is 0.497 e. The lowest BCUT2D eigenvalue weighted by Gasteiger charge is -2.41. The van der Waals surface area contributed by atoms with Gasteiger partial charge >= 0.3 is 0 Å². The lowest BCUT2D eigenvalue weighted by Crippen LogP contribution is -2.47. The van der Waals surface area contributed by atoms with E-state index in [-0.39, 0.29) is 28.7 Å². The van der Waals surface area contributed by atoms with Crippen LogP contribution in [0.3, 0.4) is 0 Å². The van der Waals surface area contributed by atoms with Crippen LogP contribution in [-0.4, -0.2) is 42.3 Å². The summed E-state index contributed by atoms with van der Waals surface area (Å²) in [6.07, 6.45) is 1.80. The van der Waals surface area contributed by atoms with Crippen molar-refractivity contribution in [3.05, 3.63) is 60.2 Å². The van der Waals surface area contributed by atoms with Crippen LogP contribution in [0.25, 0.3) is 0 Å². The molecule has 5 nitrogen and oxygen atoms in total. The van der Waals surface area contributed by atoms with Crippen molar-refractivity contribution in [1.82, 2.24) is 0 Å². The maximum absolute atomic E-state index is 12.8. The Bertz CT molecular complexity index is 1060. The molecule has 0 aromatic heterocycles. The number of ether oxygens (including phenoxy) is 2. The van der Waals surface area contributed by atoms with E-state index in [1.165, 1.54) is 0 Å². The Kier molecular flexibility index (Phi) is 12.1. The summed E-state index contributed by atoms with van der Waals surface area (Å²) in [5.41, 5.74) is 1.10. The van der Waals surface area contributed by atoms with Gasteiger partial charge in [0.2, 0.25) is 0 Å². The summed E-state index contributed by atoms with van der Waals surface area (Å²) < 4.78 is 44.0. The topological polar surface area (TPSA) is 61.8 Å². The lowest BCUT2D eigenvalue weighted by molar-refractivity contribution is 0.00365. The van der Waals surface area contributed by atoms with Crippen molar-refractivity contribution < 1.29 is 22.3 Å². The Labute approximate surface area is 233 Å². The molecule has 0 saturated carbocycles. The zero-order valence-corrected chi connectivity index (χ0v) is 26.8. The molecule has 0 aliphatic heterocycles. The fourth-order valence-electron chi connectivity index (χ4n) is 4.62. The minimum Gasteiger partial charge on any atom is -0.497 e. The highest BCUT2D eigenvalue weighted by Crippen LogP contribution is 2.39. The Morgan fingerprint density at radius 3 is 2.03 bits per heavy atom. The second-order valence-electron chi connectivity index (χ2n) is 12.5. The van der Waals surface area contributed by atoms with Gasteiger partial charge in [-0.15, -0.1) is 0 Å². The van der Waals surface area contributed by atoms with E-state index >= 15 is 0 Å². The highest BCUT2D eigenvalue weighted by Gasteiger charge is 2.40. The number of rotatable bonds is 15. The van der Waals surface area contributed by atoms with Crippen LogP contribution in [0.5, 0.6) is 5.75 Å². The van der Waals surface area contributed by atoms with Gasteiger partial charge in [-0.2, -0.15) is 0 Å². The van der Waals surface area contributed by atoms with Crippen LogP contribution in [0.4, 0.5) is 0 Å². The number of sulfone groups is 1. The summed E-state index contributed by atoms with van der Waals surface area (Å²) >= 11 is 0. The van der Waals surface area contributed by atoms with E-state index in [9.17, 15) is 8.42 Å². The molecule has 0 N–H and O–H groups in total. The molecule has 0 heterocycles. The second-order valence-corrected chi connectivity index (χ2v) is 19.3. The maximum Gasteiger partial charge on any atom is 0.192 e. The van der Waals surface area contributed by atoms with E-state index in [1.54, 1.807) is 31.4 Å². The average Bonchev–Trinajstić information content (AvgIpc) is 2.83. The van der Waals surface area contributed by atoms with Crippen molar-refractivity contribution in [2.75, 3.05) is 19.5 Å². The summed E-state index contributed by atoms with van der Waals surface area (Å²) in [7, 11) is -3.61. The van der Waals surface area contributed by atoms with Crippen LogP contribution < -0.4 is 4.74 Å². The molecule has 0 amide bonds. The van der Waals surface area contributed by atoms with Crippen molar-refractivity contribution in [2.45, 2.75) is 90.1 Å². The van der Waals surface area contributed by atoms with Gasteiger partial charge in [-0.05, 0) is 78.6 Å². The average molecular weight is 563 g/mol. The molecule has 0 spiro atoms. The first-order chi connectivity index (χ1) is 17.6. The predicted octanol–water partition coefficient (Wildman–Crippen LogP) is 7.76. The van der Waals surface area contributed by atoms with Gasteiger partial charge in [0.1, 0.15) is 5.75 Å². The van der Waals surface area contributed by atoms with Gasteiger partial charge in [-0.1, -0.05) is 71.9 Å². The molecule has 2 aromatic carbocycles. The van der Waals surface area contributed by atoms with Gasteiger partial charge < -0.3 is 13.9 Å². The molecule has 214 valence electrons. The van der Waals surface area contributed by atoms with Gasteiger partial charge in [0.15, 0.2) is 18.2 Å². The van der Waals surface area contributed by atoms with Gasteiger partial charge in [0.05, 0.1) is 37.1 Å². The molecule has 0 fully saturated rings. The van der Waals surface area contributed by atoms with Crippen LogP contribution >= 0.6 is 0 Å². The third kappa shape index (κ3) is 10.1. The number of benzene rings is 2. The van der Waals surface area contributed by atoms with E-state index in [0.717, 1.165) is 24.2 Å². The normalized spacial score (nSPS) is 16.0. The van der Waals surface area contributed by atoms with E-state index in [0.29, 0.717) is 24.0 Å². The number of hydrogen-bond donors (Lipinski definition) is 0. The fourth-order valence-corrected chi connectivity index (χ4v) is 7.68. The third-order valence-corrected chi connectivity index (χ3v) is 14.3. The van der Waals surface area contributed by atoms with E-state index in [4.69, 9.17) is 13.9 Å². The van der Waals surface area contributed by atoms with Crippen molar-refractivity contribution in [2.24, 2.45) is 17.8 Å². The molecule has 4 atom stereocenters. The number of methoxy groups -OCH3 is 1. The fraction of sp³-hybridized carbons (Fsp3) is 0.613. The van der Waals surface area contributed by atoms with Gasteiger partial charge in [-0.3, -0.25) is 0 Å². The van der Waals surface area contributed by atoms with Crippen molar-refractivity contribution in [3.8, 4) is 5.75 Å². The van der Waals surface area contributed by atoms with Gasteiger partial charge in [0.25, 0.3) is 0 Å². The zero-order chi connectivity index (χ0) is 28.6. The SMILES string of the molecule is COc1ccc(COC[C@H](O[Si](C)(C)C(C)(C)C)[C@@H](C)C[C@@H](C)C[C@@H](C)CS(=O)(=O)c2ccccc2)cc1. The van der Waals surface area contributed by atoms with Gasteiger partial charge in [-0.25, -0.2) is 8.42 Å². The molecule has 0 unspecified atom stereocenters. The van der Waals surface area contributed by atoms with E-state index in [2.05, 4.69) is 47.7 Å². The maximum atomic E-state index is 12.8. The molecule has 0 saturated heterocycles. The minimum absolute atomic E-state index is 0.0139. The second kappa shape index (κ2) is 14.1. The Balaban J connectivity index is 2.01. The molecule has 0 aliphatic rings. The van der Waals surface area contributed by atoms with Crippen LogP contribution in [0.2, 0.25) is 18.1 Å². The summed E-state index contributed by atoms with van der Waals surface area (Å²) in [6.45, 7) is 18.9. The number of hydrogen-bond acceptors (Lipinski definition) is 5. The summed E-state index contributed by atoms with van der Waals surface area (Å²) in [4.78, 5) is 0.407. The van der Waals surface area contributed by atoms with Crippen molar-refractivity contribution in [1.29, 1.82) is 0 Å². The van der Waals surface area contributed by atoms with E-state index in [1.807, 2.05) is 37.3 Å². The van der Waals surface area contributed by atoms with Crippen molar-refractivity contribution in [3.63, 3.8) is 0 Å². The predicted molar refractivity (Wildman–Crippen MR) is 160 cm³/mol. The van der Waals surface area contributed by atoms with Crippen molar-refractivity contribution >= 4 is 18.2 Å². The van der Waals surface area contributed by atoms with Crippen LogP contribution in [0, 0.1) is 17.8 Å². The molecule has 7 heteroatoms. The molecule has 38 heavy (non-hydrogen) atoms. The molecule has 0 radical (unpaired) electrons. The first kappa shape index (κ1) is 32.5. The standard InChI is InChI=1S/C31H50O5SSi/c1-24(19-25(2)23-37(32,33)29-13-11-10-12-14-29)20-26(3)30(36-38(8,9)31(4,5)6)22-35-21-27-15-17-28(34-7)18-16-27/h10-18,24-26,30H,19-23H2,1-9H3/t24-,25+,26-,30-/m0/s1. The zero-order valence-electron chi connectivity index (χ0n) is 25.0. The molecule has 0 aliphatic carbocycles. The first-order valence-corrected chi connectivity index (χ1v) is 18.4. The lowest BCUT2D eigenvalue weighted by atomic mass is 9.88. The Hall–Kier alpha value is -1.67. The molecule has 0 bridgehead atoms. The third-order valence-electron chi connectivity index (χ3n) is 7.78. The first-order valence-electron chi connectivity index (χ1n) is 13.8. The summed E-state index contributed by atoms with van der Waals surface area (Å²) in [6, 6.07) is 16.7. The summed E-state index contributed by atoms with van der Waals surface area (Å²) in [5, 5.41) is 0.104. The monoisotopic (exact) mass is 562 g/mol. The Morgan fingerprint density at radius 1 is 0.868 bits per heavy atom.